The molecule has 2 heterocycles. The third-order valence-corrected chi connectivity index (χ3v) is 3.26. The van der Waals surface area contributed by atoms with Crippen molar-refractivity contribution < 1.29 is 32.5 Å². The average Bonchev–Trinajstić information content (AvgIpc) is 3.02. The maximum absolute atomic E-state index is 10.4. The number of aromatic amines is 1. The highest BCUT2D eigenvalue weighted by atomic mass is 32.3. The minimum absolute atomic E-state index is 0.0586. The second-order valence-electron chi connectivity index (χ2n) is 5.41. The number of nitrogens with zero attached hydrogens (tertiary/aromatic N) is 2. The van der Waals surface area contributed by atoms with Crippen LogP contribution in [0.3, 0.4) is 0 Å². The van der Waals surface area contributed by atoms with Crippen LogP contribution in [0.15, 0.2) is 23.3 Å². The minimum Gasteiger partial charge on any atom is -0.508 e. The molecule has 13 heteroatoms. The van der Waals surface area contributed by atoms with Crippen molar-refractivity contribution in [3.05, 3.63) is 23.9 Å². The fourth-order valence-electron chi connectivity index (χ4n) is 2.15. The van der Waals surface area contributed by atoms with Gasteiger partial charge in [0.15, 0.2) is 5.96 Å². The highest BCUT2D eigenvalue weighted by Crippen LogP contribution is 2.31. The Bertz CT molecular complexity index is 931. The number of carbonyl (C=O) groups is 1. The summed E-state index contributed by atoms with van der Waals surface area (Å²) in [6, 6.07) is 2.93. The summed E-state index contributed by atoms with van der Waals surface area (Å²) in [6.45, 7) is 0.870. The van der Waals surface area contributed by atoms with E-state index in [1.807, 2.05) is 0 Å². The number of H-pyrrole nitrogens is 1. The van der Waals surface area contributed by atoms with E-state index in [4.69, 9.17) is 29.0 Å². The van der Waals surface area contributed by atoms with Gasteiger partial charge in [-0.05, 0) is 24.6 Å². The van der Waals surface area contributed by atoms with Gasteiger partial charge < -0.3 is 31.6 Å². The fraction of sp³-hybridized carbons (Fsp3) is 0.286. The number of guanidine groups is 1. The Morgan fingerprint density at radius 2 is 1.89 bits per heavy atom. The van der Waals surface area contributed by atoms with Gasteiger partial charge in [-0.2, -0.15) is 13.4 Å². The van der Waals surface area contributed by atoms with Crippen molar-refractivity contribution in [3.8, 4) is 11.5 Å². The van der Waals surface area contributed by atoms with Crippen molar-refractivity contribution in [2.75, 3.05) is 20.1 Å². The molecule has 1 aliphatic rings. The van der Waals surface area contributed by atoms with Crippen LogP contribution in [0.5, 0.6) is 11.5 Å². The number of phenolic OH excluding ortho intramolecular Hbond substituents is 2. The third kappa shape index (κ3) is 7.49. The smallest absolute Gasteiger partial charge is 0.394 e. The molecule has 150 valence electrons. The predicted molar refractivity (Wildman–Crippen MR) is 97.8 cm³/mol. The molecule has 0 bridgehead atoms. The van der Waals surface area contributed by atoms with Gasteiger partial charge in [-0.1, -0.05) is 0 Å². The molecule has 0 aliphatic carbocycles. The number of fused-ring (bicyclic) bond motifs is 1. The fourth-order valence-corrected chi connectivity index (χ4v) is 2.15. The first-order valence-electron chi connectivity index (χ1n) is 7.42. The minimum atomic E-state index is -4.67. The maximum Gasteiger partial charge on any atom is 0.394 e. The van der Waals surface area contributed by atoms with E-state index in [-0.39, 0.29) is 17.4 Å². The Kier molecular flexibility index (Phi) is 7.54. The number of nitrogens with one attached hydrogen (secondary N) is 1. The van der Waals surface area contributed by atoms with Crippen LogP contribution in [-0.2, 0) is 21.6 Å². The molecule has 1 aliphatic heterocycles. The van der Waals surface area contributed by atoms with Crippen LogP contribution in [0, 0.1) is 0 Å². The zero-order valence-electron chi connectivity index (χ0n) is 14.3. The number of hydrogen-bond acceptors (Lipinski definition) is 8. The van der Waals surface area contributed by atoms with Crippen molar-refractivity contribution in [1.29, 1.82) is 0 Å². The van der Waals surface area contributed by atoms with Gasteiger partial charge in [0.05, 0.1) is 5.52 Å². The summed E-state index contributed by atoms with van der Waals surface area (Å²) in [6.07, 6.45) is 2.53. The first-order chi connectivity index (χ1) is 12.4. The molecule has 0 unspecified atom stereocenters. The summed E-state index contributed by atoms with van der Waals surface area (Å²) in [5, 5.41) is 19.7. The number of aromatic hydroxyl groups is 2. The van der Waals surface area contributed by atoms with Crippen molar-refractivity contribution >= 4 is 33.2 Å². The van der Waals surface area contributed by atoms with Crippen molar-refractivity contribution in [2.45, 2.75) is 6.42 Å². The lowest BCUT2D eigenvalue weighted by Gasteiger charge is -2.05. The number of amides is 1. The molecule has 0 fully saturated rings. The lowest BCUT2D eigenvalue weighted by molar-refractivity contribution is -0.116. The molecule has 9 N–H and O–H groups in total. The number of phenols is 2. The van der Waals surface area contributed by atoms with Crippen LogP contribution in [-0.4, -0.2) is 69.6 Å². The number of aromatic nitrogens is 1. The SMILES string of the molecule is CN1CC(=O)N=C1N.NCCc1c[nH]c2c(O)cc(O)cc12.O=S(=O)(O)O. The highest BCUT2D eigenvalue weighted by Gasteiger charge is 2.15. The molecule has 0 atom stereocenters. The van der Waals surface area contributed by atoms with Gasteiger partial charge in [0.25, 0.3) is 5.91 Å². The molecule has 0 saturated carbocycles. The normalized spacial score (nSPS) is 13.6. The van der Waals surface area contributed by atoms with Crippen LogP contribution in [0.1, 0.15) is 5.56 Å². The number of benzene rings is 1. The summed E-state index contributed by atoms with van der Waals surface area (Å²) in [4.78, 5) is 18.4. The van der Waals surface area contributed by atoms with E-state index in [0.717, 1.165) is 17.4 Å². The number of rotatable bonds is 2. The highest BCUT2D eigenvalue weighted by molar-refractivity contribution is 7.79. The maximum atomic E-state index is 10.4. The van der Waals surface area contributed by atoms with Gasteiger partial charge in [-0.15, -0.1) is 0 Å². The Hall–Kier alpha value is -2.87. The molecule has 12 nitrogen and oxygen atoms in total. The Morgan fingerprint density at radius 3 is 2.30 bits per heavy atom. The molecule has 0 spiro atoms. The average molecular weight is 403 g/mol. The second kappa shape index (κ2) is 9.18. The standard InChI is InChI=1S/C10H12N2O2.C4H7N3O.H2O4S/c11-2-1-6-5-12-10-8(6)3-7(13)4-9(10)14;1-7-2-3(8)6-4(7)5;1-5(2,3)4/h3-5,12-14H,1-2,11H2;2H2,1H3,(H2,5,6,8);(H2,1,2,3,4). The van der Waals surface area contributed by atoms with E-state index in [0.29, 0.717) is 24.6 Å². The monoisotopic (exact) mass is 403 g/mol. The number of nitrogens with two attached hydrogens (primary N) is 2. The van der Waals surface area contributed by atoms with Gasteiger partial charge in [0.1, 0.15) is 18.0 Å². The van der Waals surface area contributed by atoms with E-state index in [2.05, 4.69) is 9.98 Å². The largest absolute Gasteiger partial charge is 0.508 e. The first-order valence-corrected chi connectivity index (χ1v) is 8.82. The Morgan fingerprint density at radius 1 is 1.30 bits per heavy atom. The van der Waals surface area contributed by atoms with Crippen LogP contribution in [0.2, 0.25) is 0 Å². The van der Waals surface area contributed by atoms with E-state index >= 15 is 0 Å². The molecule has 27 heavy (non-hydrogen) atoms. The molecule has 3 rings (SSSR count). The van der Waals surface area contributed by atoms with Gasteiger partial charge in [-0.25, -0.2) is 0 Å². The second-order valence-corrected chi connectivity index (χ2v) is 6.30. The molecular formula is C14H21N5O7S. The predicted octanol–water partition coefficient (Wildman–Crippen LogP) is -0.799. The van der Waals surface area contributed by atoms with E-state index in [9.17, 15) is 15.0 Å². The topological polar surface area (TPSA) is 216 Å². The Balaban J connectivity index is 0.000000237. The zero-order chi connectivity index (χ0) is 20.8. The molecular weight excluding hydrogens is 382 g/mol. The number of likely N-dealkylation sites (N-methyl/N-ethyl adjacent to an activating group) is 1. The first kappa shape index (κ1) is 22.2. The third-order valence-electron chi connectivity index (χ3n) is 3.26. The Labute approximate surface area is 154 Å². The summed E-state index contributed by atoms with van der Waals surface area (Å²) >= 11 is 0. The quantitative estimate of drug-likeness (QED) is 0.310. The lowest BCUT2D eigenvalue weighted by Crippen LogP contribution is -2.29. The van der Waals surface area contributed by atoms with E-state index in [1.54, 1.807) is 24.2 Å². The molecule has 2 aromatic rings. The van der Waals surface area contributed by atoms with Crippen LogP contribution in [0.25, 0.3) is 10.9 Å². The molecule has 0 saturated heterocycles. The summed E-state index contributed by atoms with van der Waals surface area (Å²) in [7, 11) is -2.94. The van der Waals surface area contributed by atoms with Crippen LogP contribution < -0.4 is 11.5 Å². The number of hydrogen-bond donors (Lipinski definition) is 7. The zero-order valence-corrected chi connectivity index (χ0v) is 15.1. The van der Waals surface area contributed by atoms with Crippen LogP contribution >= 0.6 is 0 Å². The molecule has 1 amide bonds. The summed E-state index contributed by atoms with van der Waals surface area (Å²) < 4.78 is 31.6. The van der Waals surface area contributed by atoms with Crippen molar-refractivity contribution in [2.24, 2.45) is 16.5 Å². The van der Waals surface area contributed by atoms with Crippen molar-refractivity contribution in [3.63, 3.8) is 0 Å². The molecule has 1 aromatic heterocycles. The molecule has 1 aromatic carbocycles. The van der Waals surface area contributed by atoms with Gasteiger partial charge in [0, 0.05) is 24.7 Å². The van der Waals surface area contributed by atoms with E-state index in [1.165, 1.54) is 6.07 Å². The van der Waals surface area contributed by atoms with Gasteiger partial charge in [0.2, 0.25) is 0 Å². The van der Waals surface area contributed by atoms with Crippen LogP contribution in [0.4, 0.5) is 0 Å². The molecule has 0 radical (unpaired) electrons. The number of aliphatic imine (C=N–C) groups is 1. The van der Waals surface area contributed by atoms with Gasteiger partial charge in [-0.3, -0.25) is 13.9 Å². The number of carbonyl (C=O) groups excluding carboxylic acids is 1. The lowest BCUT2D eigenvalue weighted by atomic mass is 10.1. The van der Waals surface area contributed by atoms with Gasteiger partial charge >= 0.3 is 10.4 Å². The van der Waals surface area contributed by atoms with Crippen molar-refractivity contribution in [1.82, 2.24) is 9.88 Å². The summed E-state index contributed by atoms with van der Waals surface area (Å²) in [5.74, 6) is 0.274. The van der Waals surface area contributed by atoms with E-state index < -0.39 is 10.4 Å². The summed E-state index contributed by atoms with van der Waals surface area (Å²) in [5.41, 5.74) is 12.3.